The number of carbonyl (C=O) groups is 2. The molecule has 2 N–H and O–H groups in total. The highest BCUT2D eigenvalue weighted by Gasteiger charge is 2.53. The topological polar surface area (TPSA) is 91.0 Å². The minimum atomic E-state index is -0.167. The fourth-order valence-corrected chi connectivity index (χ4v) is 4.23. The molecule has 1 spiro atoms. The molecule has 25 heavy (non-hydrogen) atoms. The number of aromatic amines is 1. The van der Waals surface area contributed by atoms with Gasteiger partial charge in [0, 0.05) is 42.9 Å². The normalized spacial score (nSPS) is 21.7. The summed E-state index contributed by atoms with van der Waals surface area (Å²) in [6, 6.07) is 1.90. The standard InChI is InChI=1S/C18H23N5O2/c1-11(2)17(25)23-9-18(10-23)6-3-4-14(18)20-16(24)15-12-8-19-7-5-13(12)21-22-15/h5,7-8,11,14H,3-4,6,9-10H2,1-2H3,(H,20,24)(H,21,22). The van der Waals surface area contributed by atoms with Gasteiger partial charge in [0.1, 0.15) is 0 Å². The molecule has 1 saturated carbocycles. The molecule has 0 radical (unpaired) electrons. The van der Waals surface area contributed by atoms with Gasteiger partial charge in [-0.05, 0) is 18.9 Å². The van der Waals surface area contributed by atoms with Gasteiger partial charge in [-0.15, -0.1) is 0 Å². The minimum absolute atomic E-state index is 0.0229. The number of rotatable bonds is 3. The Kier molecular flexibility index (Phi) is 3.74. The third kappa shape index (κ3) is 2.58. The van der Waals surface area contributed by atoms with Crippen molar-refractivity contribution in [2.45, 2.75) is 39.2 Å². The predicted molar refractivity (Wildman–Crippen MR) is 92.8 cm³/mol. The largest absolute Gasteiger partial charge is 0.347 e. The number of fused-ring (bicyclic) bond motifs is 1. The van der Waals surface area contributed by atoms with Gasteiger partial charge in [0.2, 0.25) is 5.91 Å². The Hall–Kier alpha value is -2.44. The molecule has 7 nitrogen and oxygen atoms in total. The van der Waals surface area contributed by atoms with Crippen LogP contribution < -0.4 is 5.32 Å². The van der Waals surface area contributed by atoms with Gasteiger partial charge in [0.15, 0.2) is 5.69 Å². The maximum absolute atomic E-state index is 12.7. The summed E-state index contributed by atoms with van der Waals surface area (Å²) in [4.78, 5) is 30.9. The van der Waals surface area contributed by atoms with E-state index in [0.717, 1.165) is 43.3 Å². The van der Waals surface area contributed by atoms with E-state index in [1.54, 1.807) is 18.5 Å². The van der Waals surface area contributed by atoms with Gasteiger partial charge in [-0.3, -0.25) is 19.7 Å². The zero-order valence-electron chi connectivity index (χ0n) is 14.6. The number of nitrogens with one attached hydrogen (secondary N) is 2. The van der Waals surface area contributed by atoms with Gasteiger partial charge < -0.3 is 10.2 Å². The van der Waals surface area contributed by atoms with Crippen LogP contribution in [0.25, 0.3) is 10.9 Å². The Balaban J connectivity index is 1.47. The molecule has 2 aromatic rings. The van der Waals surface area contributed by atoms with Crippen molar-refractivity contribution < 1.29 is 9.59 Å². The van der Waals surface area contributed by atoms with E-state index >= 15 is 0 Å². The lowest BCUT2D eigenvalue weighted by molar-refractivity contribution is -0.147. The number of nitrogens with zero attached hydrogens (tertiary/aromatic N) is 3. The van der Waals surface area contributed by atoms with Crippen molar-refractivity contribution in [3.8, 4) is 0 Å². The first-order valence-corrected chi connectivity index (χ1v) is 8.88. The van der Waals surface area contributed by atoms with Crippen LogP contribution in [0.2, 0.25) is 0 Å². The monoisotopic (exact) mass is 341 g/mol. The maximum atomic E-state index is 12.7. The molecule has 0 aromatic carbocycles. The first-order valence-electron chi connectivity index (χ1n) is 8.88. The highest BCUT2D eigenvalue weighted by Crippen LogP contribution is 2.46. The summed E-state index contributed by atoms with van der Waals surface area (Å²) < 4.78 is 0. The van der Waals surface area contributed by atoms with Crippen molar-refractivity contribution in [1.29, 1.82) is 0 Å². The Bertz CT molecular complexity index is 822. The lowest BCUT2D eigenvalue weighted by atomic mass is 9.74. The average molecular weight is 341 g/mol. The fraction of sp³-hybridized carbons (Fsp3) is 0.556. The Morgan fingerprint density at radius 2 is 2.20 bits per heavy atom. The second kappa shape index (κ2) is 5.82. The lowest BCUT2D eigenvalue weighted by Crippen LogP contribution is -2.65. The molecule has 1 aliphatic heterocycles. The zero-order valence-corrected chi connectivity index (χ0v) is 14.6. The van der Waals surface area contributed by atoms with Crippen LogP contribution in [-0.2, 0) is 4.79 Å². The summed E-state index contributed by atoms with van der Waals surface area (Å²) >= 11 is 0. The zero-order chi connectivity index (χ0) is 17.6. The van der Waals surface area contributed by atoms with Crippen LogP contribution in [-0.4, -0.2) is 51.0 Å². The van der Waals surface area contributed by atoms with Crippen LogP contribution in [0.15, 0.2) is 18.5 Å². The first kappa shape index (κ1) is 16.1. The number of aromatic nitrogens is 3. The number of hydrogen-bond acceptors (Lipinski definition) is 4. The van der Waals surface area contributed by atoms with E-state index in [9.17, 15) is 9.59 Å². The van der Waals surface area contributed by atoms with Crippen molar-refractivity contribution in [2.75, 3.05) is 13.1 Å². The maximum Gasteiger partial charge on any atom is 0.272 e. The number of H-pyrrole nitrogens is 1. The van der Waals surface area contributed by atoms with E-state index in [1.165, 1.54) is 0 Å². The molecule has 1 unspecified atom stereocenters. The molecular formula is C18H23N5O2. The highest BCUT2D eigenvalue weighted by molar-refractivity contribution is 6.04. The van der Waals surface area contributed by atoms with E-state index in [1.807, 2.05) is 18.7 Å². The molecule has 2 amide bonds. The molecule has 0 bridgehead atoms. The number of hydrogen-bond donors (Lipinski definition) is 2. The van der Waals surface area contributed by atoms with Crippen molar-refractivity contribution in [1.82, 2.24) is 25.4 Å². The molecule has 7 heteroatoms. The van der Waals surface area contributed by atoms with Crippen LogP contribution in [0.5, 0.6) is 0 Å². The minimum Gasteiger partial charge on any atom is -0.347 e. The van der Waals surface area contributed by atoms with Crippen LogP contribution in [0.4, 0.5) is 0 Å². The van der Waals surface area contributed by atoms with Gasteiger partial charge in [-0.2, -0.15) is 5.10 Å². The highest BCUT2D eigenvalue weighted by atomic mass is 16.2. The summed E-state index contributed by atoms with van der Waals surface area (Å²) in [7, 11) is 0. The number of carbonyl (C=O) groups excluding carboxylic acids is 2. The second-order valence-electron chi connectivity index (χ2n) is 7.62. The van der Waals surface area contributed by atoms with Crippen LogP contribution in [0, 0.1) is 11.3 Å². The Morgan fingerprint density at radius 3 is 2.96 bits per heavy atom. The molecule has 1 saturated heterocycles. The van der Waals surface area contributed by atoms with Crippen molar-refractivity contribution in [3.05, 3.63) is 24.2 Å². The van der Waals surface area contributed by atoms with Gasteiger partial charge >= 0.3 is 0 Å². The molecule has 2 fully saturated rings. The van der Waals surface area contributed by atoms with Crippen molar-refractivity contribution in [3.63, 3.8) is 0 Å². The number of pyridine rings is 1. The van der Waals surface area contributed by atoms with Crippen LogP contribution in [0.1, 0.15) is 43.6 Å². The second-order valence-corrected chi connectivity index (χ2v) is 7.62. The summed E-state index contributed by atoms with van der Waals surface area (Å²) in [5.41, 5.74) is 1.23. The van der Waals surface area contributed by atoms with Gasteiger partial charge in [-0.25, -0.2) is 0 Å². The summed E-state index contributed by atoms with van der Waals surface area (Å²) in [6.07, 6.45) is 6.42. The van der Waals surface area contributed by atoms with E-state index in [2.05, 4.69) is 20.5 Å². The molecule has 4 rings (SSSR count). The van der Waals surface area contributed by atoms with Crippen molar-refractivity contribution >= 4 is 22.7 Å². The molecule has 132 valence electrons. The Morgan fingerprint density at radius 1 is 1.40 bits per heavy atom. The molecule has 1 aliphatic carbocycles. The smallest absolute Gasteiger partial charge is 0.272 e. The molecular weight excluding hydrogens is 318 g/mol. The summed E-state index contributed by atoms with van der Waals surface area (Å²) in [5, 5.41) is 10.9. The Labute approximate surface area is 146 Å². The van der Waals surface area contributed by atoms with E-state index in [-0.39, 0.29) is 29.2 Å². The lowest BCUT2D eigenvalue weighted by Gasteiger charge is -2.52. The van der Waals surface area contributed by atoms with E-state index < -0.39 is 0 Å². The molecule has 3 heterocycles. The summed E-state index contributed by atoms with van der Waals surface area (Å²) in [6.45, 7) is 5.35. The van der Waals surface area contributed by atoms with Gasteiger partial charge in [-0.1, -0.05) is 20.3 Å². The SMILES string of the molecule is CC(C)C(=O)N1CC2(CCCC2NC(=O)c2n[nH]c3ccncc23)C1. The number of likely N-dealkylation sites (tertiary alicyclic amines) is 1. The van der Waals surface area contributed by atoms with Crippen molar-refractivity contribution in [2.24, 2.45) is 11.3 Å². The fourth-order valence-electron chi connectivity index (χ4n) is 4.23. The van der Waals surface area contributed by atoms with E-state index in [0.29, 0.717) is 5.69 Å². The predicted octanol–water partition coefficient (Wildman–Crippen LogP) is 1.72. The molecule has 2 aromatic heterocycles. The molecule has 2 aliphatic rings. The average Bonchev–Trinajstić information content (AvgIpc) is 3.16. The first-order chi connectivity index (χ1) is 12.0. The molecule has 1 atom stereocenters. The van der Waals surface area contributed by atoms with Crippen LogP contribution in [0.3, 0.4) is 0 Å². The van der Waals surface area contributed by atoms with Gasteiger partial charge in [0.25, 0.3) is 5.91 Å². The number of amides is 2. The third-order valence-corrected chi connectivity index (χ3v) is 5.61. The summed E-state index contributed by atoms with van der Waals surface area (Å²) in [5.74, 6) is 0.0563. The third-order valence-electron chi connectivity index (χ3n) is 5.61. The van der Waals surface area contributed by atoms with Gasteiger partial charge in [0.05, 0.1) is 10.9 Å². The quantitative estimate of drug-likeness (QED) is 0.889. The van der Waals surface area contributed by atoms with Crippen LogP contribution >= 0.6 is 0 Å². The van der Waals surface area contributed by atoms with E-state index in [4.69, 9.17) is 0 Å².